The molecule has 0 spiro atoms. The molecule has 1 aliphatic heterocycles. The number of aromatic nitrogens is 1. The molecular weight excluding hydrogens is 364 g/mol. The summed E-state index contributed by atoms with van der Waals surface area (Å²) in [6.07, 6.45) is 3.98. The van der Waals surface area contributed by atoms with E-state index in [2.05, 4.69) is 30.1 Å². The summed E-state index contributed by atoms with van der Waals surface area (Å²) in [5.41, 5.74) is 5.47. The summed E-state index contributed by atoms with van der Waals surface area (Å²) in [7, 11) is 0. The summed E-state index contributed by atoms with van der Waals surface area (Å²) >= 11 is 0. The van der Waals surface area contributed by atoms with Crippen molar-refractivity contribution < 1.29 is 13.9 Å². The highest BCUT2D eigenvalue weighted by Crippen LogP contribution is 2.27. The van der Waals surface area contributed by atoms with Gasteiger partial charge in [-0.2, -0.15) is 0 Å². The Hall–Kier alpha value is -2.92. The highest BCUT2D eigenvalue weighted by Gasteiger charge is 2.21. The number of carbonyl (C=O) groups is 1. The summed E-state index contributed by atoms with van der Waals surface area (Å²) in [5, 5.41) is 0. The zero-order chi connectivity index (χ0) is 20.2. The van der Waals surface area contributed by atoms with Crippen LogP contribution in [0.1, 0.15) is 42.3 Å². The van der Waals surface area contributed by atoms with Gasteiger partial charge < -0.3 is 14.1 Å². The second-order valence-corrected chi connectivity index (χ2v) is 7.39. The Morgan fingerprint density at radius 2 is 2.00 bits per heavy atom. The third kappa shape index (κ3) is 4.40. The van der Waals surface area contributed by atoms with Crippen LogP contribution in [0.3, 0.4) is 0 Å². The molecule has 1 saturated heterocycles. The lowest BCUT2D eigenvalue weighted by atomic mass is 10.0. The fraction of sp³-hybridized carbons (Fsp3) is 0.333. The van der Waals surface area contributed by atoms with Crippen LogP contribution in [0.25, 0.3) is 11.3 Å². The van der Waals surface area contributed by atoms with E-state index in [-0.39, 0.29) is 5.91 Å². The molecule has 5 heteroatoms. The molecule has 0 saturated carbocycles. The molecule has 0 N–H and O–H groups in total. The smallest absolute Gasteiger partial charge is 0.227 e. The van der Waals surface area contributed by atoms with Gasteiger partial charge in [0.1, 0.15) is 0 Å². The second kappa shape index (κ2) is 8.62. The average Bonchev–Trinajstić information content (AvgIpc) is 3.38. The minimum atomic E-state index is 0.196. The van der Waals surface area contributed by atoms with Crippen LogP contribution in [0, 0.1) is 6.92 Å². The molecule has 0 atom stereocenters. The van der Waals surface area contributed by atoms with Crippen molar-refractivity contribution in [3.05, 3.63) is 71.2 Å². The number of hydrogen-bond acceptors (Lipinski definition) is 4. The third-order valence-electron chi connectivity index (χ3n) is 5.32. The number of rotatable bonds is 7. The third-order valence-corrected chi connectivity index (χ3v) is 5.32. The van der Waals surface area contributed by atoms with E-state index in [9.17, 15) is 4.79 Å². The molecule has 0 radical (unpaired) electrons. The van der Waals surface area contributed by atoms with Gasteiger partial charge in [-0.3, -0.25) is 4.79 Å². The van der Waals surface area contributed by atoms with Gasteiger partial charge in [-0.1, -0.05) is 18.2 Å². The van der Waals surface area contributed by atoms with Gasteiger partial charge in [0.15, 0.2) is 11.7 Å². The molecule has 2 aromatic carbocycles. The molecule has 150 valence electrons. The van der Waals surface area contributed by atoms with Crippen LogP contribution in [0.4, 0.5) is 5.69 Å². The maximum atomic E-state index is 11.9. The molecule has 1 amide bonds. The van der Waals surface area contributed by atoms with Gasteiger partial charge in [0.05, 0.1) is 12.8 Å². The lowest BCUT2D eigenvalue weighted by Crippen LogP contribution is -2.23. The zero-order valence-corrected chi connectivity index (χ0v) is 17.0. The molecule has 1 aliphatic rings. The minimum absolute atomic E-state index is 0.196. The van der Waals surface area contributed by atoms with Crippen molar-refractivity contribution >= 4 is 11.6 Å². The molecule has 29 heavy (non-hydrogen) atoms. The number of ether oxygens (including phenoxy) is 1. The van der Waals surface area contributed by atoms with Crippen molar-refractivity contribution in [3.8, 4) is 11.3 Å². The Balaban J connectivity index is 1.48. The first-order chi connectivity index (χ1) is 14.1. The lowest BCUT2D eigenvalue weighted by Gasteiger charge is -2.15. The average molecular weight is 390 g/mol. The van der Waals surface area contributed by atoms with E-state index in [1.54, 1.807) is 6.20 Å². The second-order valence-electron chi connectivity index (χ2n) is 7.39. The number of benzene rings is 2. The van der Waals surface area contributed by atoms with Crippen LogP contribution in [0.15, 0.2) is 53.1 Å². The topological polar surface area (TPSA) is 55.6 Å². The molecule has 0 unspecified atom stereocenters. The fourth-order valence-electron chi connectivity index (χ4n) is 3.64. The van der Waals surface area contributed by atoms with Gasteiger partial charge in [-0.05, 0) is 61.2 Å². The van der Waals surface area contributed by atoms with Crippen LogP contribution in [-0.4, -0.2) is 24.0 Å². The Morgan fingerprint density at radius 3 is 2.72 bits per heavy atom. The number of anilines is 1. The number of hydrogen-bond donors (Lipinski definition) is 0. The fourth-order valence-corrected chi connectivity index (χ4v) is 3.64. The van der Waals surface area contributed by atoms with E-state index in [0.717, 1.165) is 35.5 Å². The molecule has 4 rings (SSSR count). The highest BCUT2D eigenvalue weighted by molar-refractivity contribution is 5.95. The summed E-state index contributed by atoms with van der Waals surface area (Å²) < 4.78 is 11.5. The Morgan fingerprint density at radius 1 is 1.17 bits per heavy atom. The molecule has 0 bridgehead atoms. The van der Waals surface area contributed by atoms with Crippen molar-refractivity contribution in [2.24, 2.45) is 0 Å². The monoisotopic (exact) mass is 390 g/mol. The zero-order valence-electron chi connectivity index (χ0n) is 17.0. The Kier molecular flexibility index (Phi) is 5.76. The minimum Gasteiger partial charge on any atom is -0.440 e. The first kappa shape index (κ1) is 19.4. The molecule has 1 aromatic heterocycles. The van der Waals surface area contributed by atoms with Crippen LogP contribution in [-0.2, 0) is 22.6 Å². The Bertz CT molecular complexity index is 992. The van der Waals surface area contributed by atoms with Crippen LogP contribution >= 0.6 is 0 Å². The molecule has 0 aliphatic carbocycles. The predicted octanol–water partition coefficient (Wildman–Crippen LogP) is 4.90. The summed E-state index contributed by atoms with van der Waals surface area (Å²) in [6, 6.07) is 14.3. The van der Waals surface area contributed by atoms with E-state index in [1.807, 2.05) is 36.1 Å². The van der Waals surface area contributed by atoms with Gasteiger partial charge in [0, 0.05) is 37.2 Å². The van der Waals surface area contributed by atoms with Crippen LogP contribution < -0.4 is 4.90 Å². The van der Waals surface area contributed by atoms with E-state index < -0.39 is 0 Å². The summed E-state index contributed by atoms with van der Waals surface area (Å²) in [6.45, 7) is 6.22. The number of carbonyl (C=O) groups excluding carboxylic acids is 1. The first-order valence-corrected chi connectivity index (χ1v) is 10.2. The molecule has 2 heterocycles. The Labute approximate surface area is 171 Å². The number of aryl methyl sites for hydroxylation is 1. The highest BCUT2D eigenvalue weighted by atomic mass is 16.5. The van der Waals surface area contributed by atoms with Crippen molar-refractivity contribution in [2.75, 3.05) is 18.1 Å². The van der Waals surface area contributed by atoms with Gasteiger partial charge in [0.2, 0.25) is 5.91 Å². The van der Waals surface area contributed by atoms with Crippen molar-refractivity contribution in [2.45, 2.75) is 39.7 Å². The number of oxazole rings is 1. The van der Waals surface area contributed by atoms with E-state index in [1.165, 1.54) is 11.1 Å². The maximum absolute atomic E-state index is 11.9. The standard InChI is InChI=1S/C24H26N2O3/c1-3-28-16-18-7-6-17(2)20(13-18)14-23-25-15-22(29-23)19-8-10-21(11-9-19)26-12-4-5-24(26)27/h6-11,13,15H,3-5,12,14,16H2,1-2H3. The first-order valence-electron chi connectivity index (χ1n) is 10.2. The predicted molar refractivity (Wildman–Crippen MR) is 113 cm³/mol. The van der Waals surface area contributed by atoms with Crippen molar-refractivity contribution in [1.29, 1.82) is 0 Å². The van der Waals surface area contributed by atoms with Gasteiger partial charge in [-0.15, -0.1) is 0 Å². The van der Waals surface area contributed by atoms with Crippen molar-refractivity contribution in [1.82, 2.24) is 4.98 Å². The van der Waals surface area contributed by atoms with E-state index in [0.29, 0.717) is 31.9 Å². The van der Waals surface area contributed by atoms with Gasteiger partial charge in [-0.25, -0.2) is 4.98 Å². The van der Waals surface area contributed by atoms with Crippen LogP contribution in [0.5, 0.6) is 0 Å². The van der Waals surface area contributed by atoms with Crippen LogP contribution in [0.2, 0.25) is 0 Å². The SMILES string of the molecule is CCOCc1ccc(C)c(Cc2ncc(-c3ccc(N4CCCC4=O)cc3)o2)c1. The molecule has 3 aromatic rings. The summed E-state index contributed by atoms with van der Waals surface area (Å²) in [5.74, 6) is 1.62. The normalized spacial score (nSPS) is 14.0. The van der Waals surface area contributed by atoms with Gasteiger partial charge in [0.25, 0.3) is 0 Å². The maximum Gasteiger partial charge on any atom is 0.227 e. The largest absolute Gasteiger partial charge is 0.440 e. The molecule has 1 fully saturated rings. The lowest BCUT2D eigenvalue weighted by molar-refractivity contribution is -0.117. The number of amides is 1. The van der Waals surface area contributed by atoms with Gasteiger partial charge >= 0.3 is 0 Å². The number of nitrogens with zero attached hydrogens (tertiary/aromatic N) is 2. The molecule has 5 nitrogen and oxygen atoms in total. The van der Waals surface area contributed by atoms with E-state index >= 15 is 0 Å². The van der Waals surface area contributed by atoms with E-state index in [4.69, 9.17) is 9.15 Å². The quantitative estimate of drug-likeness (QED) is 0.575. The van der Waals surface area contributed by atoms with Crippen molar-refractivity contribution in [3.63, 3.8) is 0 Å². The molecular formula is C24H26N2O3. The summed E-state index contributed by atoms with van der Waals surface area (Å²) in [4.78, 5) is 18.2.